The summed E-state index contributed by atoms with van der Waals surface area (Å²) in [4.78, 5) is 23.2. The van der Waals surface area contributed by atoms with E-state index in [1.165, 1.54) is 0 Å². The Labute approximate surface area is 127 Å². The predicted octanol–water partition coefficient (Wildman–Crippen LogP) is 3.51. The summed E-state index contributed by atoms with van der Waals surface area (Å²) >= 11 is 6.69. The third-order valence-electron chi connectivity index (χ3n) is 3.56. The number of hydrogen-bond donors (Lipinski definition) is 2. The van der Waals surface area contributed by atoms with Crippen LogP contribution < -0.4 is 5.32 Å². The van der Waals surface area contributed by atoms with Crippen LogP contribution in [-0.4, -0.2) is 17.0 Å². The van der Waals surface area contributed by atoms with Crippen LogP contribution in [-0.2, 0) is 9.59 Å². The Morgan fingerprint density at radius 1 is 1.26 bits per heavy atom. The van der Waals surface area contributed by atoms with Crippen molar-refractivity contribution in [3.05, 3.63) is 27.1 Å². The Kier molecular flexibility index (Phi) is 3.75. The monoisotopic (exact) mass is 389 g/mol. The molecule has 1 aromatic rings. The Balaban J connectivity index is 2.13. The van der Waals surface area contributed by atoms with Gasteiger partial charge in [-0.3, -0.25) is 9.59 Å². The molecule has 0 aliphatic heterocycles. The van der Waals surface area contributed by atoms with Crippen molar-refractivity contribution in [3.63, 3.8) is 0 Å². The number of carboxylic acids is 1. The quantitative estimate of drug-likeness (QED) is 0.829. The maximum Gasteiger partial charge on any atom is 0.307 e. The molecular formula is C13H13Br2NO3. The molecule has 1 aromatic carbocycles. The van der Waals surface area contributed by atoms with Crippen molar-refractivity contribution in [1.29, 1.82) is 0 Å². The number of carbonyl (C=O) groups excluding carboxylic acids is 1. The van der Waals surface area contributed by atoms with Gasteiger partial charge in [0.05, 0.1) is 17.5 Å². The highest BCUT2D eigenvalue weighted by Crippen LogP contribution is 2.58. The van der Waals surface area contributed by atoms with E-state index < -0.39 is 23.2 Å². The van der Waals surface area contributed by atoms with E-state index >= 15 is 0 Å². The zero-order valence-electron chi connectivity index (χ0n) is 10.4. The lowest BCUT2D eigenvalue weighted by Crippen LogP contribution is -2.18. The lowest BCUT2D eigenvalue weighted by atomic mass is 10.1. The molecule has 2 atom stereocenters. The number of rotatable bonds is 3. The number of carboxylic acid groups (broad SMARTS) is 1. The molecule has 0 spiro atoms. The molecular weight excluding hydrogens is 378 g/mol. The minimum Gasteiger partial charge on any atom is -0.481 e. The van der Waals surface area contributed by atoms with Crippen LogP contribution in [0, 0.1) is 17.3 Å². The first-order chi connectivity index (χ1) is 8.75. The van der Waals surface area contributed by atoms with Crippen LogP contribution in [0.5, 0.6) is 0 Å². The molecule has 2 rings (SSSR count). The number of amides is 1. The highest BCUT2D eigenvalue weighted by atomic mass is 79.9. The van der Waals surface area contributed by atoms with Gasteiger partial charge < -0.3 is 10.4 Å². The van der Waals surface area contributed by atoms with Crippen molar-refractivity contribution < 1.29 is 14.7 Å². The molecule has 1 aliphatic rings. The predicted molar refractivity (Wildman–Crippen MR) is 78.9 cm³/mol. The number of carbonyl (C=O) groups is 2. The molecule has 0 saturated heterocycles. The third-order valence-corrected chi connectivity index (χ3v) is 4.71. The van der Waals surface area contributed by atoms with Crippen molar-refractivity contribution in [1.82, 2.24) is 0 Å². The highest BCUT2D eigenvalue weighted by Gasteiger charge is 2.65. The number of benzene rings is 1. The van der Waals surface area contributed by atoms with E-state index in [1.807, 2.05) is 12.1 Å². The molecule has 1 amide bonds. The summed E-state index contributed by atoms with van der Waals surface area (Å²) in [5.41, 5.74) is 0.151. The van der Waals surface area contributed by atoms with Crippen molar-refractivity contribution in [2.45, 2.75) is 13.8 Å². The molecule has 0 aromatic heterocycles. The molecule has 102 valence electrons. The van der Waals surface area contributed by atoms with Gasteiger partial charge in [-0.2, -0.15) is 0 Å². The average Bonchev–Trinajstić information content (AvgIpc) is 2.86. The minimum absolute atomic E-state index is 0.250. The first kappa shape index (κ1) is 14.5. The number of anilines is 1. The van der Waals surface area contributed by atoms with Crippen molar-refractivity contribution >= 4 is 49.4 Å². The summed E-state index contributed by atoms with van der Waals surface area (Å²) < 4.78 is 1.65. The van der Waals surface area contributed by atoms with Crippen LogP contribution >= 0.6 is 31.9 Å². The van der Waals surface area contributed by atoms with Gasteiger partial charge in [0, 0.05) is 8.95 Å². The number of hydrogen-bond acceptors (Lipinski definition) is 2. The molecule has 19 heavy (non-hydrogen) atoms. The minimum atomic E-state index is -0.917. The zero-order valence-corrected chi connectivity index (χ0v) is 13.6. The first-order valence-corrected chi connectivity index (χ1v) is 7.32. The summed E-state index contributed by atoms with van der Waals surface area (Å²) in [6.45, 7) is 3.60. The number of nitrogens with one attached hydrogen (secondary N) is 1. The van der Waals surface area contributed by atoms with E-state index in [2.05, 4.69) is 37.2 Å². The summed E-state index contributed by atoms with van der Waals surface area (Å²) in [5.74, 6) is -2.26. The lowest BCUT2D eigenvalue weighted by molar-refractivity contribution is -0.140. The maximum absolute atomic E-state index is 12.1. The van der Waals surface area contributed by atoms with Crippen LogP contribution in [0.3, 0.4) is 0 Å². The van der Waals surface area contributed by atoms with Gasteiger partial charge in [-0.05, 0) is 39.5 Å². The highest BCUT2D eigenvalue weighted by molar-refractivity contribution is 9.11. The van der Waals surface area contributed by atoms with Crippen LogP contribution in [0.1, 0.15) is 13.8 Å². The molecule has 1 saturated carbocycles. The molecule has 0 heterocycles. The molecule has 1 fully saturated rings. The lowest BCUT2D eigenvalue weighted by Gasteiger charge is -2.08. The van der Waals surface area contributed by atoms with Crippen LogP contribution in [0.15, 0.2) is 27.1 Å². The van der Waals surface area contributed by atoms with Gasteiger partial charge in [0.15, 0.2) is 0 Å². The Bertz CT molecular complexity index is 557. The second kappa shape index (κ2) is 4.90. The molecule has 4 nitrogen and oxygen atoms in total. The van der Waals surface area contributed by atoms with E-state index in [0.717, 1.165) is 8.95 Å². The number of halogens is 2. The smallest absolute Gasteiger partial charge is 0.307 e. The van der Waals surface area contributed by atoms with E-state index in [9.17, 15) is 9.59 Å². The topological polar surface area (TPSA) is 66.4 Å². The van der Waals surface area contributed by atoms with Crippen LogP contribution in [0.4, 0.5) is 5.69 Å². The summed E-state index contributed by atoms with van der Waals surface area (Å²) in [6, 6.07) is 5.40. The summed E-state index contributed by atoms with van der Waals surface area (Å²) in [5, 5.41) is 11.8. The van der Waals surface area contributed by atoms with Crippen LogP contribution in [0.2, 0.25) is 0 Å². The summed E-state index contributed by atoms with van der Waals surface area (Å²) in [6.07, 6.45) is 0. The fourth-order valence-electron chi connectivity index (χ4n) is 2.39. The number of aliphatic carboxylic acids is 1. The summed E-state index contributed by atoms with van der Waals surface area (Å²) in [7, 11) is 0. The van der Waals surface area contributed by atoms with E-state index in [4.69, 9.17) is 5.11 Å². The van der Waals surface area contributed by atoms with Crippen molar-refractivity contribution in [2.24, 2.45) is 17.3 Å². The molecule has 2 N–H and O–H groups in total. The molecule has 6 heteroatoms. The second-order valence-corrected chi connectivity index (χ2v) is 7.00. The normalized spacial score (nSPS) is 23.8. The van der Waals surface area contributed by atoms with Crippen LogP contribution in [0.25, 0.3) is 0 Å². The van der Waals surface area contributed by atoms with Gasteiger partial charge in [-0.1, -0.05) is 29.8 Å². The standard InChI is InChI=1S/C13H13Br2NO3/c1-13(2)9(10(13)12(18)19)11(17)16-8-4-3-6(14)5-7(8)15/h3-5,9-10H,1-2H3,(H,16,17)(H,18,19)/t9-,10+/m1/s1. The van der Waals surface area contributed by atoms with Gasteiger partial charge in [0.1, 0.15) is 0 Å². The maximum atomic E-state index is 12.1. The third kappa shape index (κ3) is 2.69. The molecule has 0 unspecified atom stereocenters. The Morgan fingerprint density at radius 3 is 2.37 bits per heavy atom. The van der Waals surface area contributed by atoms with E-state index in [0.29, 0.717) is 5.69 Å². The van der Waals surface area contributed by atoms with E-state index in [-0.39, 0.29) is 5.91 Å². The average molecular weight is 391 g/mol. The van der Waals surface area contributed by atoms with Gasteiger partial charge >= 0.3 is 5.97 Å². The van der Waals surface area contributed by atoms with E-state index in [1.54, 1.807) is 19.9 Å². The van der Waals surface area contributed by atoms with Gasteiger partial charge in [-0.25, -0.2) is 0 Å². The zero-order chi connectivity index (χ0) is 14.4. The fraction of sp³-hybridized carbons (Fsp3) is 0.385. The Hall–Kier alpha value is -0.880. The van der Waals surface area contributed by atoms with Gasteiger partial charge in [0.25, 0.3) is 0 Å². The van der Waals surface area contributed by atoms with Crippen molar-refractivity contribution in [2.75, 3.05) is 5.32 Å². The first-order valence-electron chi connectivity index (χ1n) is 5.74. The Morgan fingerprint density at radius 2 is 1.89 bits per heavy atom. The molecule has 1 aliphatic carbocycles. The fourth-order valence-corrected chi connectivity index (χ4v) is 3.54. The SMILES string of the molecule is CC1(C)[C@H](C(=O)O)[C@@H]1C(=O)Nc1ccc(Br)cc1Br. The molecule has 0 bridgehead atoms. The van der Waals surface area contributed by atoms with Gasteiger partial charge in [-0.15, -0.1) is 0 Å². The second-order valence-electron chi connectivity index (χ2n) is 5.23. The van der Waals surface area contributed by atoms with Crippen molar-refractivity contribution in [3.8, 4) is 0 Å². The molecule has 0 radical (unpaired) electrons. The largest absolute Gasteiger partial charge is 0.481 e. The van der Waals surface area contributed by atoms with Gasteiger partial charge in [0.2, 0.25) is 5.91 Å².